The second-order valence-corrected chi connectivity index (χ2v) is 11.8. The third kappa shape index (κ3) is 4.44. The van der Waals surface area contributed by atoms with Crippen LogP contribution in [0.25, 0.3) is 0 Å². The lowest BCUT2D eigenvalue weighted by atomic mass is 9.86. The van der Waals surface area contributed by atoms with Gasteiger partial charge in [0.25, 0.3) is 5.91 Å². The maximum atomic E-state index is 13.7. The molecular formula is C25H31FN2O4S. The SMILES string of the molecule is Cc1cc(S(=O)(=O)N2CCOC23CCN(C(=O)c2ccc(C(C)(C)C)cc2)CC3)ccc1F. The van der Waals surface area contributed by atoms with Crippen molar-refractivity contribution >= 4 is 15.9 Å². The molecule has 2 aliphatic heterocycles. The van der Waals surface area contributed by atoms with Gasteiger partial charge in [0.2, 0.25) is 10.0 Å². The van der Waals surface area contributed by atoms with Crippen molar-refractivity contribution in [2.24, 2.45) is 0 Å². The second kappa shape index (κ2) is 8.49. The first-order valence-electron chi connectivity index (χ1n) is 11.3. The number of nitrogens with zero attached hydrogens (tertiary/aromatic N) is 2. The zero-order valence-electron chi connectivity index (χ0n) is 19.6. The van der Waals surface area contributed by atoms with Gasteiger partial charge in [-0.25, -0.2) is 12.8 Å². The van der Waals surface area contributed by atoms with Gasteiger partial charge in [0.15, 0.2) is 0 Å². The molecule has 8 heteroatoms. The molecule has 2 aromatic rings. The van der Waals surface area contributed by atoms with E-state index in [1.165, 1.54) is 22.5 Å². The van der Waals surface area contributed by atoms with E-state index in [4.69, 9.17) is 4.74 Å². The molecule has 0 aromatic heterocycles. The molecule has 2 aromatic carbocycles. The number of halogens is 1. The van der Waals surface area contributed by atoms with Crippen molar-refractivity contribution < 1.29 is 22.3 Å². The van der Waals surface area contributed by atoms with E-state index in [0.29, 0.717) is 38.1 Å². The second-order valence-electron chi connectivity index (χ2n) is 9.90. The lowest BCUT2D eigenvalue weighted by Gasteiger charge is -2.42. The molecule has 4 rings (SSSR count). The van der Waals surface area contributed by atoms with Gasteiger partial charge >= 0.3 is 0 Å². The third-order valence-electron chi connectivity index (χ3n) is 6.67. The smallest absolute Gasteiger partial charge is 0.253 e. The summed E-state index contributed by atoms with van der Waals surface area (Å²) in [5.41, 5.74) is 1.10. The van der Waals surface area contributed by atoms with E-state index in [9.17, 15) is 17.6 Å². The van der Waals surface area contributed by atoms with E-state index in [2.05, 4.69) is 20.8 Å². The summed E-state index contributed by atoms with van der Waals surface area (Å²) in [6.45, 7) is 9.25. The molecule has 0 radical (unpaired) electrons. The van der Waals surface area contributed by atoms with Crippen molar-refractivity contribution in [3.05, 3.63) is 65.0 Å². The molecular weight excluding hydrogens is 443 g/mol. The van der Waals surface area contributed by atoms with Crippen LogP contribution in [0.2, 0.25) is 0 Å². The quantitative estimate of drug-likeness (QED) is 0.672. The Kier molecular flexibility index (Phi) is 6.14. The highest BCUT2D eigenvalue weighted by atomic mass is 32.2. The van der Waals surface area contributed by atoms with Crippen LogP contribution in [-0.2, 0) is 20.2 Å². The molecule has 0 aliphatic carbocycles. The van der Waals surface area contributed by atoms with Crippen molar-refractivity contribution in [1.82, 2.24) is 9.21 Å². The molecule has 33 heavy (non-hydrogen) atoms. The van der Waals surface area contributed by atoms with Crippen LogP contribution >= 0.6 is 0 Å². The van der Waals surface area contributed by atoms with Gasteiger partial charge in [-0.05, 0) is 53.8 Å². The summed E-state index contributed by atoms with van der Waals surface area (Å²) in [6.07, 6.45) is 0.774. The summed E-state index contributed by atoms with van der Waals surface area (Å²) in [7, 11) is -3.86. The molecule has 178 valence electrons. The van der Waals surface area contributed by atoms with Gasteiger partial charge in [-0.1, -0.05) is 32.9 Å². The minimum absolute atomic E-state index is 0.0108. The maximum Gasteiger partial charge on any atom is 0.253 e. The Bertz CT molecular complexity index is 1150. The minimum Gasteiger partial charge on any atom is -0.358 e. The largest absolute Gasteiger partial charge is 0.358 e. The van der Waals surface area contributed by atoms with E-state index in [-0.39, 0.29) is 28.3 Å². The number of aryl methyl sites for hydroxylation is 1. The Morgan fingerprint density at radius 2 is 1.67 bits per heavy atom. The minimum atomic E-state index is -3.86. The average Bonchev–Trinajstić information content (AvgIpc) is 3.19. The number of sulfonamides is 1. The number of hydrogen-bond acceptors (Lipinski definition) is 4. The van der Waals surface area contributed by atoms with Gasteiger partial charge in [0.05, 0.1) is 11.5 Å². The van der Waals surface area contributed by atoms with Crippen LogP contribution < -0.4 is 0 Å². The highest BCUT2D eigenvalue weighted by Gasteiger charge is 2.51. The number of carbonyl (C=O) groups excluding carboxylic acids is 1. The predicted octanol–water partition coefficient (Wildman–Crippen LogP) is 4.09. The van der Waals surface area contributed by atoms with Gasteiger partial charge in [-0.2, -0.15) is 4.31 Å². The Morgan fingerprint density at radius 3 is 2.24 bits per heavy atom. The molecule has 1 amide bonds. The summed E-state index contributed by atoms with van der Waals surface area (Å²) in [5, 5.41) is 0. The van der Waals surface area contributed by atoms with Crippen LogP contribution in [0, 0.1) is 12.7 Å². The van der Waals surface area contributed by atoms with Crippen molar-refractivity contribution in [3.63, 3.8) is 0 Å². The molecule has 2 fully saturated rings. The van der Waals surface area contributed by atoms with E-state index in [1.54, 1.807) is 11.8 Å². The molecule has 0 atom stereocenters. The monoisotopic (exact) mass is 474 g/mol. The predicted molar refractivity (Wildman–Crippen MR) is 124 cm³/mol. The average molecular weight is 475 g/mol. The molecule has 2 aliphatic rings. The first-order chi connectivity index (χ1) is 15.4. The molecule has 2 heterocycles. The van der Waals surface area contributed by atoms with Crippen LogP contribution in [0.15, 0.2) is 47.4 Å². The number of likely N-dealkylation sites (tertiary alicyclic amines) is 1. The lowest BCUT2D eigenvalue weighted by molar-refractivity contribution is -0.0857. The number of hydrogen-bond donors (Lipinski definition) is 0. The van der Waals surface area contributed by atoms with Crippen LogP contribution in [-0.4, -0.2) is 55.5 Å². The van der Waals surface area contributed by atoms with Gasteiger partial charge in [-0.15, -0.1) is 0 Å². The van der Waals surface area contributed by atoms with Gasteiger partial charge in [0.1, 0.15) is 11.5 Å². The summed E-state index contributed by atoms with van der Waals surface area (Å²) in [5.74, 6) is -0.504. The topological polar surface area (TPSA) is 66.9 Å². The standard InChI is InChI=1S/C25H31FN2O4S/c1-18-17-21(9-10-22(18)26)33(30,31)28-15-16-32-25(28)11-13-27(14-12-25)23(29)19-5-7-20(8-6-19)24(2,3)4/h5-10,17H,11-16H2,1-4H3. The Balaban J connectivity index is 1.49. The van der Waals surface area contributed by atoms with Crippen LogP contribution in [0.1, 0.15) is 55.1 Å². The number of carbonyl (C=O) groups is 1. The van der Waals surface area contributed by atoms with Crippen LogP contribution in [0.4, 0.5) is 4.39 Å². The summed E-state index contributed by atoms with van der Waals surface area (Å²) in [4.78, 5) is 14.9. The molecule has 0 bridgehead atoms. The van der Waals surface area contributed by atoms with E-state index in [1.807, 2.05) is 24.3 Å². The number of piperidine rings is 1. The van der Waals surface area contributed by atoms with Crippen molar-refractivity contribution in [1.29, 1.82) is 0 Å². The normalized spacial score (nSPS) is 19.2. The summed E-state index contributed by atoms with van der Waals surface area (Å²) in [6, 6.07) is 11.5. The Labute approximate surface area is 195 Å². The fourth-order valence-corrected chi connectivity index (χ4v) is 6.40. The van der Waals surface area contributed by atoms with E-state index < -0.39 is 21.6 Å². The van der Waals surface area contributed by atoms with E-state index in [0.717, 1.165) is 5.56 Å². The van der Waals surface area contributed by atoms with Crippen LogP contribution in [0.3, 0.4) is 0 Å². The lowest BCUT2D eigenvalue weighted by Crippen LogP contribution is -2.55. The molecule has 0 unspecified atom stereocenters. The molecule has 1 spiro atoms. The Morgan fingerprint density at radius 1 is 1.03 bits per heavy atom. The number of ether oxygens (including phenoxy) is 1. The first kappa shape index (κ1) is 23.9. The van der Waals surface area contributed by atoms with Gasteiger partial charge < -0.3 is 9.64 Å². The van der Waals surface area contributed by atoms with E-state index >= 15 is 0 Å². The zero-order valence-corrected chi connectivity index (χ0v) is 20.4. The summed E-state index contributed by atoms with van der Waals surface area (Å²) >= 11 is 0. The molecule has 6 nitrogen and oxygen atoms in total. The fraction of sp³-hybridized carbons (Fsp3) is 0.480. The van der Waals surface area contributed by atoms with Crippen molar-refractivity contribution in [2.75, 3.05) is 26.2 Å². The number of rotatable bonds is 3. The number of benzene rings is 2. The highest BCUT2D eigenvalue weighted by molar-refractivity contribution is 7.89. The highest BCUT2D eigenvalue weighted by Crippen LogP contribution is 2.38. The maximum absolute atomic E-state index is 13.7. The third-order valence-corrected chi connectivity index (χ3v) is 8.61. The molecule has 0 N–H and O–H groups in total. The van der Waals surface area contributed by atoms with Crippen molar-refractivity contribution in [3.8, 4) is 0 Å². The van der Waals surface area contributed by atoms with Crippen molar-refractivity contribution in [2.45, 2.75) is 56.6 Å². The molecule has 2 saturated heterocycles. The van der Waals surface area contributed by atoms with Gasteiger partial charge in [0, 0.05) is 38.0 Å². The number of amides is 1. The van der Waals surface area contributed by atoms with Gasteiger partial charge in [-0.3, -0.25) is 4.79 Å². The molecule has 0 saturated carbocycles. The zero-order chi connectivity index (χ0) is 24.0. The fourth-order valence-electron chi connectivity index (χ4n) is 4.59. The van der Waals surface area contributed by atoms with Crippen LogP contribution in [0.5, 0.6) is 0 Å². The summed E-state index contributed by atoms with van der Waals surface area (Å²) < 4.78 is 47.8. The Hall–Kier alpha value is -2.29. The first-order valence-corrected chi connectivity index (χ1v) is 12.7.